The molecule has 6 nitrogen and oxygen atoms in total. The van der Waals surface area contributed by atoms with E-state index in [9.17, 15) is 14.9 Å². The zero-order chi connectivity index (χ0) is 23.8. The molecule has 1 heterocycles. The van der Waals surface area contributed by atoms with Crippen LogP contribution in [0.4, 0.5) is 11.4 Å². The highest BCUT2D eigenvalue weighted by atomic mass is 32.1. The van der Waals surface area contributed by atoms with E-state index in [0.29, 0.717) is 10.7 Å². The van der Waals surface area contributed by atoms with E-state index in [0.717, 1.165) is 17.7 Å². The van der Waals surface area contributed by atoms with Crippen molar-refractivity contribution in [1.82, 2.24) is 5.32 Å². The lowest BCUT2D eigenvalue weighted by atomic mass is 9.65. The predicted octanol–water partition coefficient (Wildman–Crippen LogP) is 5.60. The summed E-state index contributed by atoms with van der Waals surface area (Å²) in [5.74, 6) is -0.403. The highest BCUT2D eigenvalue weighted by Gasteiger charge is 2.46. The number of hydrogen-bond donors (Lipinski definition) is 1. The average Bonchev–Trinajstić information content (AvgIpc) is 2.79. The first-order valence-electron chi connectivity index (χ1n) is 10.7. The highest BCUT2D eigenvalue weighted by molar-refractivity contribution is 7.80. The Bertz CT molecular complexity index is 1230. The van der Waals surface area contributed by atoms with Crippen molar-refractivity contribution in [2.24, 2.45) is 0 Å². The molecule has 4 rings (SSSR count). The van der Waals surface area contributed by atoms with Gasteiger partial charge in [0, 0.05) is 34.3 Å². The van der Waals surface area contributed by atoms with Crippen LogP contribution < -0.4 is 10.2 Å². The van der Waals surface area contributed by atoms with Gasteiger partial charge in [-0.1, -0.05) is 55.5 Å². The molecule has 1 aliphatic heterocycles. The second-order valence-corrected chi connectivity index (χ2v) is 9.49. The van der Waals surface area contributed by atoms with Gasteiger partial charge in [-0.2, -0.15) is 0 Å². The van der Waals surface area contributed by atoms with E-state index in [-0.39, 0.29) is 11.1 Å². The van der Waals surface area contributed by atoms with Crippen LogP contribution in [0, 0.1) is 10.1 Å². The average molecular weight is 460 g/mol. The van der Waals surface area contributed by atoms with Gasteiger partial charge in [0.15, 0.2) is 5.11 Å². The Labute approximate surface area is 198 Å². The quantitative estimate of drug-likeness (QED) is 0.313. The Morgan fingerprint density at radius 2 is 1.58 bits per heavy atom. The molecule has 0 unspecified atom stereocenters. The number of nitrogens with zero attached hydrogens (tertiary/aromatic N) is 2. The number of nitrogens with one attached hydrogen (secondary N) is 1. The Morgan fingerprint density at radius 1 is 0.970 bits per heavy atom. The fourth-order valence-electron chi connectivity index (χ4n) is 4.91. The summed E-state index contributed by atoms with van der Waals surface area (Å²) in [5, 5.41) is 14.0. The minimum Gasteiger partial charge on any atom is -0.313 e. The maximum Gasteiger partial charge on any atom is 0.269 e. The minimum absolute atomic E-state index is 0.0691. The van der Waals surface area contributed by atoms with Crippen molar-refractivity contribution in [1.29, 1.82) is 0 Å². The molecule has 0 aliphatic carbocycles. The maximum absolute atomic E-state index is 12.9. The molecule has 0 saturated carbocycles. The Morgan fingerprint density at radius 3 is 2.21 bits per heavy atom. The summed E-state index contributed by atoms with van der Waals surface area (Å²) in [5.41, 5.74) is 2.94. The molecule has 1 N–H and O–H groups in total. The standard InChI is InChI=1S/C26H25N3O3S/c1-25(2)17-26(3,19-9-5-4-6-10-19)21-11-7-8-12-22(21)28(25)24(33)27-23(30)18-13-15-20(16-14-18)29(31)32/h4-16H,17H2,1-3H3,(H,27,30,33)/t26-/m0/s1. The van der Waals surface area contributed by atoms with Gasteiger partial charge in [0.2, 0.25) is 0 Å². The van der Waals surface area contributed by atoms with Crippen LogP contribution in [0.2, 0.25) is 0 Å². The number of benzene rings is 3. The van der Waals surface area contributed by atoms with Crippen molar-refractivity contribution in [3.05, 3.63) is 106 Å². The SMILES string of the molecule is CC1(C)C[C@@](C)(c2ccccc2)c2ccccc2N1C(=S)NC(=O)c1ccc([N+](=O)[O-])cc1. The summed E-state index contributed by atoms with van der Waals surface area (Å²) in [6.45, 7) is 6.49. The van der Waals surface area contributed by atoms with E-state index in [1.807, 2.05) is 29.2 Å². The van der Waals surface area contributed by atoms with E-state index >= 15 is 0 Å². The van der Waals surface area contributed by atoms with Crippen molar-refractivity contribution in [3.8, 4) is 0 Å². The summed E-state index contributed by atoms with van der Waals surface area (Å²) in [4.78, 5) is 25.3. The van der Waals surface area contributed by atoms with Gasteiger partial charge in [0.05, 0.1) is 4.92 Å². The third-order valence-corrected chi connectivity index (χ3v) is 6.59. The summed E-state index contributed by atoms with van der Waals surface area (Å²) < 4.78 is 0. The summed E-state index contributed by atoms with van der Waals surface area (Å²) in [6, 6.07) is 24.0. The third kappa shape index (κ3) is 4.12. The molecule has 0 fully saturated rings. The molecular formula is C26H25N3O3S. The lowest BCUT2D eigenvalue weighted by molar-refractivity contribution is -0.384. The van der Waals surface area contributed by atoms with Crippen LogP contribution in [0.3, 0.4) is 0 Å². The van der Waals surface area contributed by atoms with Crippen molar-refractivity contribution in [3.63, 3.8) is 0 Å². The molecule has 3 aromatic rings. The second-order valence-electron chi connectivity index (χ2n) is 9.10. The number of hydrogen-bond acceptors (Lipinski definition) is 4. The lowest BCUT2D eigenvalue weighted by Gasteiger charge is -2.52. The first-order chi connectivity index (χ1) is 15.6. The van der Waals surface area contributed by atoms with Gasteiger partial charge >= 0.3 is 0 Å². The number of fused-ring (bicyclic) bond motifs is 1. The predicted molar refractivity (Wildman–Crippen MR) is 134 cm³/mol. The normalized spacial score (nSPS) is 18.8. The molecule has 0 saturated heterocycles. The van der Waals surface area contributed by atoms with Crippen LogP contribution in [0.1, 0.15) is 48.7 Å². The summed E-state index contributed by atoms with van der Waals surface area (Å²) in [7, 11) is 0. The number of nitro groups is 1. The number of amides is 1. The van der Waals surface area contributed by atoms with Crippen LogP contribution in [0.15, 0.2) is 78.9 Å². The van der Waals surface area contributed by atoms with Crippen molar-refractivity contribution < 1.29 is 9.72 Å². The molecule has 1 aliphatic rings. The molecule has 33 heavy (non-hydrogen) atoms. The molecule has 1 atom stereocenters. The molecule has 0 spiro atoms. The number of para-hydroxylation sites is 1. The van der Waals surface area contributed by atoms with Gasteiger partial charge in [-0.15, -0.1) is 0 Å². The number of thiocarbonyl (C=S) groups is 1. The Balaban J connectivity index is 1.68. The topological polar surface area (TPSA) is 75.5 Å². The molecular weight excluding hydrogens is 434 g/mol. The number of nitro benzene ring substituents is 1. The maximum atomic E-state index is 12.9. The molecule has 1 amide bonds. The van der Waals surface area contributed by atoms with Crippen LogP contribution >= 0.6 is 12.2 Å². The van der Waals surface area contributed by atoms with Gasteiger partial charge < -0.3 is 4.90 Å². The van der Waals surface area contributed by atoms with E-state index in [1.54, 1.807) is 0 Å². The molecule has 0 aromatic heterocycles. The molecule has 0 bridgehead atoms. The van der Waals surface area contributed by atoms with Crippen LogP contribution in [-0.2, 0) is 5.41 Å². The van der Waals surface area contributed by atoms with Crippen LogP contribution in [-0.4, -0.2) is 21.5 Å². The minimum atomic E-state index is -0.497. The Hall–Kier alpha value is -3.58. The summed E-state index contributed by atoms with van der Waals surface area (Å²) >= 11 is 5.72. The summed E-state index contributed by atoms with van der Waals surface area (Å²) in [6.07, 6.45) is 0.786. The first-order valence-corrected chi connectivity index (χ1v) is 11.1. The number of rotatable bonds is 3. The van der Waals surface area contributed by atoms with E-state index in [1.165, 1.54) is 29.8 Å². The van der Waals surface area contributed by atoms with Crippen molar-refractivity contribution in [2.75, 3.05) is 4.90 Å². The van der Waals surface area contributed by atoms with E-state index in [2.05, 4.69) is 56.4 Å². The van der Waals surface area contributed by atoms with Gasteiger partial charge in [0.25, 0.3) is 11.6 Å². The number of carbonyl (C=O) groups is 1. The van der Waals surface area contributed by atoms with Crippen molar-refractivity contribution >= 4 is 34.6 Å². The second kappa shape index (κ2) is 8.41. The molecule has 0 radical (unpaired) electrons. The van der Waals surface area contributed by atoms with E-state index < -0.39 is 16.4 Å². The van der Waals surface area contributed by atoms with E-state index in [4.69, 9.17) is 12.2 Å². The first kappa shape index (κ1) is 22.6. The number of anilines is 1. The fraction of sp³-hybridized carbons (Fsp3) is 0.231. The molecule has 3 aromatic carbocycles. The third-order valence-electron chi connectivity index (χ3n) is 6.31. The highest BCUT2D eigenvalue weighted by Crippen LogP contribution is 2.50. The van der Waals surface area contributed by atoms with Gasteiger partial charge in [-0.3, -0.25) is 20.2 Å². The smallest absolute Gasteiger partial charge is 0.269 e. The fourth-order valence-corrected chi connectivity index (χ4v) is 5.35. The zero-order valence-electron chi connectivity index (χ0n) is 18.7. The van der Waals surface area contributed by atoms with Crippen molar-refractivity contribution in [2.45, 2.75) is 38.1 Å². The number of carbonyl (C=O) groups excluding carboxylic acids is 1. The number of non-ortho nitro benzene ring substituents is 1. The lowest BCUT2D eigenvalue weighted by Crippen LogP contribution is -2.59. The van der Waals surface area contributed by atoms with Gasteiger partial charge in [0.1, 0.15) is 0 Å². The monoisotopic (exact) mass is 459 g/mol. The van der Waals surface area contributed by atoms with Crippen LogP contribution in [0.5, 0.6) is 0 Å². The molecule has 168 valence electrons. The van der Waals surface area contributed by atoms with Gasteiger partial charge in [-0.05, 0) is 61.8 Å². The molecule has 7 heteroatoms. The van der Waals surface area contributed by atoms with Crippen LogP contribution in [0.25, 0.3) is 0 Å². The zero-order valence-corrected chi connectivity index (χ0v) is 19.6. The Kier molecular flexibility index (Phi) is 5.76. The largest absolute Gasteiger partial charge is 0.313 e. The van der Waals surface area contributed by atoms with Gasteiger partial charge in [-0.25, -0.2) is 0 Å².